The fraction of sp³-hybridized carbons (Fsp3) is 0.286. The molecule has 0 aliphatic carbocycles. The van der Waals surface area contributed by atoms with E-state index in [1.807, 2.05) is 0 Å². The number of aryl methyl sites for hydroxylation is 1. The lowest BCUT2D eigenvalue weighted by atomic mass is 10.1. The molecule has 2 aromatic rings. The highest BCUT2D eigenvalue weighted by Gasteiger charge is 2.25. The van der Waals surface area contributed by atoms with Crippen LogP contribution < -0.4 is 4.74 Å². The molecule has 0 atom stereocenters. The Bertz CT molecular complexity index is 812. The number of alkyl halides is 2. The zero-order chi connectivity index (χ0) is 18.7. The number of hydrogen-bond acceptors (Lipinski definition) is 5. The van der Waals surface area contributed by atoms with Gasteiger partial charge in [0.1, 0.15) is 12.8 Å². The number of halogens is 5. The van der Waals surface area contributed by atoms with Gasteiger partial charge < -0.3 is 14.3 Å². The topological polar surface area (TPSA) is 57.9 Å². The summed E-state index contributed by atoms with van der Waals surface area (Å²) in [7, 11) is 3.89. The van der Waals surface area contributed by atoms with E-state index in [4.69, 9.17) is 27.9 Å². The summed E-state index contributed by atoms with van der Waals surface area (Å²) in [6, 6.07) is 2.67. The number of ether oxygens (including phenoxy) is 2. The minimum atomic E-state index is -3.21. The second-order valence-corrected chi connectivity index (χ2v) is 5.38. The van der Waals surface area contributed by atoms with E-state index in [9.17, 15) is 13.2 Å². The first-order chi connectivity index (χ1) is 11.8. The number of benzene rings is 1. The minimum absolute atomic E-state index is 0.00538. The molecule has 25 heavy (non-hydrogen) atoms. The summed E-state index contributed by atoms with van der Waals surface area (Å²) in [5.41, 5.74) is 0.0277. The number of oxime groups is 1. The van der Waals surface area contributed by atoms with E-state index in [0.29, 0.717) is 0 Å². The van der Waals surface area contributed by atoms with Crippen LogP contribution >= 0.6 is 23.2 Å². The Morgan fingerprint density at radius 1 is 1.24 bits per heavy atom. The molecule has 6 nitrogen and oxygen atoms in total. The van der Waals surface area contributed by atoms with Crippen molar-refractivity contribution in [3.8, 4) is 17.1 Å². The second-order valence-electron chi connectivity index (χ2n) is 4.56. The average Bonchev–Trinajstić information content (AvgIpc) is 2.81. The van der Waals surface area contributed by atoms with Gasteiger partial charge in [0.2, 0.25) is 5.82 Å². The van der Waals surface area contributed by atoms with E-state index >= 15 is 0 Å². The molecule has 0 aliphatic heterocycles. The molecule has 0 unspecified atom stereocenters. The molecule has 0 fully saturated rings. The summed E-state index contributed by atoms with van der Waals surface area (Å²) >= 11 is 12.2. The van der Waals surface area contributed by atoms with Crippen LogP contribution in [0.5, 0.6) is 5.88 Å². The molecule has 1 heterocycles. The average molecular weight is 398 g/mol. The molecule has 2 rings (SSSR count). The molecular formula is C14H12Cl2F3N3O3. The van der Waals surface area contributed by atoms with E-state index in [-0.39, 0.29) is 32.8 Å². The maximum Gasteiger partial charge on any atom is 0.388 e. The highest BCUT2D eigenvalue weighted by Crippen LogP contribution is 2.36. The first-order valence-corrected chi connectivity index (χ1v) is 7.38. The van der Waals surface area contributed by atoms with Crippen molar-refractivity contribution in [2.24, 2.45) is 12.2 Å². The van der Waals surface area contributed by atoms with Gasteiger partial charge in [0.15, 0.2) is 0 Å². The van der Waals surface area contributed by atoms with Crippen molar-refractivity contribution in [1.82, 2.24) is 9.78 Å². The van der Waals surface area contributed by atoms with Crippen LogP contribution in [0, 0.1) is 5.82 Å². The highest BCUT2D eigenvalue weighted by atomic mass is 35.5. The van der Waals surface area contributed by atoms with Crippen LogP contribution in [0.3, 0.4) is 0 Å². The zero-order valence-electron chi connectivity index (χ0n) is 13.2. The van der Waals surface area contributed by atoms with Crippen molar-refractivity contribution in [2.75, 3.05) is 14.2 Å². The van der Waals surface area contributed by atoms with Crippen LogP contribution in [0.4, 0.5) is 13.2 Å². The number of nitrogens with zero attached hydrogens (tertiary/aromatic N) is 3. The summed E-state index contributed by atoms with van der Waals surface area (Å²) < 4.78 is 49.3. The van der Waals surface area contributed by atoms with Crippen molar-refractivity contribution in [3.63, 3.8) is 0 Å². The van der Waals surface area contributed by atoms with Crippen LogP contribution in [0.2, 0.25) is 10.0 Å². The van der Waals surface area contributed by atoms with Gasteiger partial charge in [-0.1, -0.05) is 23.2 Å². The Balaban J connectivity index is 2.62. The van der Waals surface area contributed by atoms with Crippen molar-refractivity contribution in [3.05, 3.63) is 33.6 Å². The predicted molar refractivity (Wildman–Crippen MR) is 85.8 cm³/mol. The van der Waals surface area contributed by atoms with Gasteiger partial charge >= 0.3 is 6.61 Å². The molecule has 11 heteroatoms. The van der Waals surface area contributed by atoms with Crippen LogP contribution in [-0.2, 0) is 16.6 Å². The van der Waals surface area contributed by atoms with E-state index < -0.39 is 18.3 Å². The Labute approximate surface area is 150 Å². The Morgan fingerprint density at radius 3 is 2.48 bits per heavy atom. The molecule has 0 saturated heterocycles. The smallest absolute Gasteiger partial charge is 0.388 e. The Kier molecular flexibility index (Phi) is 6.02. The maximum absolute atomic E-state index is 14.5. The summed E-state index contributed by atoms with van der Waals surface area (Å²) in [5.74, 6) is -1.82. The van der Waals surface area contributed by atoms with Crippen molar-refractivity contribution in [2.45, 2.75) is 6.61 Å². The van der Waals surface area contributed by atoms with Crippen LogP contribution in [-0.4, -0.2) is 36.5 Å². The standard InChI is InChI=1S/C14H12Cl2F3N3O3/c1-22-13(25-14(18)19)10(17)11(20-22)6-4-7(9(16)5-8(6)15)12(23-2)21-24-3/h4-5,14H,1-3H3. The number of aromatic nitrogens is 2. The monoisotopic (exact) mass is 397 g/mol. The van der Waals surface area contributed by atoms with Crippen molar-refractivity contribution < 1.29 is 27.5 Å². The molecule has 1 aromatic heterocycles. The van der Waals surface area contributed by atoms with Gasteiger partial charge in [0.05, 0.1) is 22.7 Å². The maximum atomic E-state index is 14.5. The van der Waals surface area contributed by atoms with E-state index in [0.717, 1.165) is 4.68 Å². The van der Waals surface area contributed by atoms with Crippen LogP contribution in [0.15, 0.2) is 17.3 Å². The van der Waals surface area contributed by atoms with E-state index in [2.05, 4.69) is 19.8 Å². The number of methoxy groups -OCH3 is 1. The van der Waals surface area contributed by atoms with Gasteiger partial charge in [-0.25, -0.2) is 4.68 Å². The Morgan fingerprint density at radius 2 is 1.92 bits per heavy atom. The summed E-state index contributed by atoms with van der Waals surface area (Å²) in [6.07, 6.45) is 0. The minimum Gasteiger partial charge on any atom is -0.478 e. The van der Waals surface area contributed by atoms with Gasteiger partial charge in [-0.15, -0.1) is 0 Å². The van der Waals surface area contributed by atoms with Gasteiger partial charge in [-0.05, 0) is 17.3 Å². The lowest BCUT2D eigenvalue weighted by Gasteiger charge is -2.10. The normalized spacial score (nSPS) is 11.8. The molecule has 0 bridgehead atoms. The fourth-order valence-corrected chi connectivity index (χ4v) is 2.59. The number of rotatable bonds is 5. The van der Waals surface area contributed by atoms with Gasteiger partial charge in [0, 0.05) is 12.6 Å². The van der Waals surface area contributed by atoms with Crippen LogP contribution in [0.25, 0.3) is 11.3 Å². The molecule has 1 aromatic carbocycles. The van der Waals surface area contributed by atoms with Gasteiger partial charge in [-0.3, -0.25) is 0 Å². The Hall–Kier alpha value is -2.13. The van der Waals surface area contributed by atoms with Crippen LogP contribution in [0.1, 0.15) is 5.56 Å². The largest absolute Gasteiger partial charge is 0.478 e. The summed E-state index contributed by atoms with van der Waals surface area (Å²) in [4.78, 5) is 4.64. The number of hydrogen-bond donors (Lipinski definition) is 0. The molecule has 0 N–H and O–H groups in total. The zero-order valence-corrected chi connectivity index (χ0v) is 14.7. The second kappa shape index (κ2) is 7.83. The van der Waals surface area contributed by atoms with E-state index in [1.54, 1.807) is 0 Å². The first-order valence-electron chi connectivity index (χ1n) is 6.62. The fourth-order valence-electron chi connectivity index (χ4n) is 2.04. The molecule has 0 spiro atoms. The predicted octanol–water partition coefficient (Wildman–Crippen LogP) is 4.09. The van der Waals surface area contributed by atoms with Crippen molar-refractivity contribution in [1.29, 1.82) is 0 Å². The lowest BCUT2D eigenvalue weighted by Crippen LogP contribution is -2.07. The third kappa shape index (κ3) is 3.93. The van der Waals surface area contributed by atoms with Crippen molar-refractivity contribution >= 4 is 29.1 Å². The molecule has 0 amide bonds. The molecular weight excluding hydrogens is 386 g/mol. The lowest BCUT2D eigenvalue weighted by molar-refractivity contribution is -0.0576. The molecule has 136 valence electrons. The quantitative estimate of drug-likeness (QED) is 0.433. The SMILES string of the molecule is CON=C(OC)c1cc(-c2nn(C)c(OC(F)F)c2F)c(Cl)cc1Cl. The molecule has 0 aliphatic rings. The first kappa shape index (κ1) is 19.2. The molecule has 0 radical (unpaired) electrons. The van der Waals surface area contributed by atoms with E-state index in [1.165, 1.54) is 33.4 Å². The summed E-state index contributed by atoms with van der Waals surface area (Å²) in [5, 5.41) is 7.69. The third-order valence-electron chi connectivity index (χ3n) is 3.05. The third-order valence-corrected chi connectivity index (χ3v) is 3.68. The van der Waals surface area contributed by atoms with Gasteiger partial charge in [-0.2, -0.15) is 18.3 Å². The molecule has 0 saturated carbocycles. The van der Waals surface area contributed by atoms with Gasteiger partial charge in [0.25, 0.3) is 11.8 Å². The highest BCUT2D eigenvalue weighted by molar-refractivity contribution is 6.38. The summed E-state index contributed by atoms with van der Waals surface area (Å²) in [6.45, 7) is -3.21.